The predicted octanol–water partition coefficient (Wildman–Crippen LogP) is 1.35. The molecule has 0 aromatic carbocycles. The van der Waals surface area contributed by atoms with Crippen LogP contribution in [-0.2, 0) is 9.47 Å². The predicted molar refractivity (Wildman–Crippen MR) is 72.3 cm³/mol. The Labute approximate surface area is 106 Å². The van der Waals surface area contributed by atoms with Gasteiger partial charge in [-0.05, 0) is 31.8 Å². The molecule has 0 atom stereocenters. The van der Waals surface area contributed by atoms with Gasteiger partial charge < -0.3 is 20.1 Å². The van der Waals surface area contributed by atoms with Gasteiger partial charge in [0.2, 0.25) is 0 Å². The van der Waals surface area contributed by atoms with Gasteiger partial charge in [0.1, 0.15) is 0 Å². The van der Waals surface area contributed by atoms with Crippen LogP contribution in [0.3, 0.4) is 0 Å². The van der Waals surface area contributed by atoms with E-state index in [-0.39, 0.29) is 0 Å². The minimum atomic E-state index is 0.683. The van der Waals surface area contributed by atoms with Crippen LogP contribution in [0.4, 0.5) is 0 Å². The molecule has 0 heterocycles. The summed E-state index contributed by atoms with van der Waals surface area (Å²) in [5.74, 6) is 0.710. The first kappa shape index (κ1) is 16.8. The number of hydrogen-bond acceptors (Lipinski definition) is 4. The lowest BCUT2D eigenvalue weighted by atomic mass is 10.2. The fourth-order valence-corrected chi connectivity index (χ4v) is 1.76. The second-order valence-corrected chi connectivity index (χ2v) is 4.80. The molecule has 104 valence electrons. The number of nitrogens with two attached hydrogens (primary N) is 1. The SMILES string of the molecule is COCCOCCCN(CCCN)CC(C)C. The first-order valence-electron chi connectivity index (χ1n) is 6.69. The molecule has 0 saturated carbocycles. The molecule has 0 rings (SSSR count). The van der Waals surface area contributed by atoms with Gasteiger partial charge in [-0.15, -0.1) is 0 Å². The molecule has 0 aromatic heterocycles. The van der Waals surface area contributed by atoms with E-state index in [1.807, 2.05) is 0 Å². The molecule has 0 fully saturated rings. The van der Waals surface area contributed by atoms with Crippen molar-refractivity contribution < 1.29 is 9.47 Å². The van der Waals surface area contributed by atoms with Crippen LogP contribution in [0.2, 0.25) is 0 Å². The highest BCUT2D eigenvalue weighted by molar-refractivity contribution is 4.60. The van der Waals surface area contributed by atoms with Crippen molar-refractivity contribution in [2.45, 2.75) is 26.7 Å². The molecule has 0 aliphatic heterocycles. The summed E-state index contributed by atoms with van der Waals surface area (Å²) in [6.45, 7) is 10.8. The van der Waals surface area contributed by atoms with E-state index in [9.17, 15) is 0 Å². The second kappa shape index (κ2) is 12.3. The Balaban J connectivity index is 3.53. The molecule has 0 amide bonds. The third kappa shape index (κ3) is 12.1. The summed E-state index contributed by atoms with van der Waals surface area (Å²) >= 11 is 0. The highest BCUT2D eigenvalue weighted by Crippen LogP contribution is 2.01. The molecule has 0 saturated heterocycles. The smallest absolute Gasteiger partial charge is 0.0700 e. The Bertz CT molecular complexity index is 154. The van der Waals surface area contributed by atoms with Gasteiger partial charge in [0.25, 0.3) is 0 Å². The Morgan fingerprint density at radius 3 is 2.35 bits per heavy atom. The van der Waals surface area contributed by atoms with Crippen molar-refractivity contribution in [1.29, 1.82) is 0 Å². The number of ether oxygens (including phenoxy) is 2. The lowest BCUT2D eigenvalue weighted by Crippen LogP contribution is -2.31. The van der Waals surface area contributed by atoms with Crippen molar-refractivity contribution in [2.75, 3.05) is 53.1 Å². The first-order valence-corrected chi connectivity index (χ1v) is 6.69. The monoisotopic (exact) mass is 246 g/mol. The number of methoxy groups -OCH3 is 1. The van der Waals surface area contributed by atoms with Crippen LogP contribution in [0.1, 0.15) is 26.7 Å². The Kier molecular flexibility index (Phi) is 12.2. The van der Waals surface area contributed by atoms with Crippen molar-refractivity contribution in [1.82, 2.24) is 4.90 Å². The number of rotatable bonds is 12. The lowest BCUT2D eigenvalue weighted by Gasteiger charge is -2.23. The summed E-state index contributed by atoms with van der Waals surface area (Å²) in [5, 5.41) is 0. The van der Waals surface area contributed by atoms with E-state index in [0.717, 1.165) is 45.6 Å². The van der Waals surface area contributed by atoms with E-state index in [2.05, 4.69) is 18.7 Å². The minimum absolute atomic E-state index is 0.683. The van der Waals surface area contributed by atoms with Gasteiger partial charge in [-0.2, -0.15) is 0 Å². The van der Waals surface area contributed by atoms with Gasteiger partial charge in [0, 0.05) is 26.8 Å². The lowest BCUT2D eigenvalue weighted by molar-refractivity contribution is 0.0646. The number of nitrogens with zero attached hydrogens (tertiary/aromatic N) is 1. The standard InChI is InChI=1S/C13H30N2O2/c1-13(2)12-15(7-4-6-14)8-5-9-17-11-10-16-3/h13H,4-12,14H2,1-3H3. The van der Waals surface area contributed by atoms with E-state index in [4.69, 9.17) is 15.2 Å². The average molecular weight is 246 g/mol. The molecule has 0 aromatic rings. The molecular weight excluding hydrogens is 216 g/mol. The molecule has 0 radical (unpaired) electrons. The van der Waals surface area contributed by atoms with Crippen LogP contribution >= 0.6 is 0 Å². The number of hydrogen-bond donors (Lipinski definition) is 1. The van der Waals surface area contributed by atoms with Gasteiger partial charge in [-0.3, -0.25) is 0 Å². The molecule has 2 N–H and O–H groups in total. The molecule has 17 heavy (non-hydrogen) atoms. The van der Waals surface area contributed by atoms with Crippen LogP contribution in [0, 0.1) is 5.92 Å². The molecule has 0 aliphatic carbocycles. The summed E-state index contributed by atoms with van der Waals surface area (Å²) in [6, 6.07) is 0. The van der Waals surface area contributed by atoms with E-state index in [1.165, 1.54) is 0 Å². The second-order valence-electron chi connectivity index (χ2n) is 4.80. The Morgan fingerprint density at radius 2 is 1.76 bits per heavy atom. The Morgan fingerprint density at radius 1 is 1.06 bits per heavy atom. The first-order chi connectivity index (χ1) is 8.20. The fourth-order valence-electron chi connectivity index (χ4n) is 1.76. The fraction of sp³-hybridized carbons (Fsp3) is 1.00. The van der Waals surface area contributed by atoms with Crippen molar-refractivity contribution in [3.63, 3.8) is 0 Å². The highest BCUT2D eigenvalue weighted by atomic mass is 16.5. The van der Waals surface area contributed by atoms with E-state index in [0.29, 0.717) is 19.1 Å². The van der Waals surface area contributed by atoms with Crippen molar-refractivity contribution in [3.8, 4) is 0 Å². The van der Waals surface area contributed by atoms with Crippen molar-refractivity contribution >= 4 is 0 Å². The third-order valence-corrected chi connectivity index (χ3v) is 2.50. The van der Waals surface area contributed by atoms with E-state index < -0.39 is 0 Å². The zero-order valence-corrected chi connectivity index (χ0v) is 11.8. The summed E-state index contributed by atoms with van der Waals surface area (Å²) in [6.07, 6.45) is 2.16. The third-order valence-electron chi connectivity index (χ3n) is 2.50. The van der Waals surface area contributed by atoms with E-state index in [1.54, 1.807) is 7.11 Å². The van der Waals surface area contributed by atoms with Crippen LogP contribution < -0.4 is 5.73 Å². The minimum Gasteiger partial charge on any atom is -0.382 e. The van der Waals surface area contributed by atoms with Crippen LogP contribution in [-0.4, -0.2) is 58.0 Å². The van der Waals surface area contributed by atoms with Gasteiger partial charge >= 0.3 is 0 Å². The van der Waals surface area contributed by atoms with Gasteiger partial charge in [-0.1, -0.05) is 13.8 Å². The zero-order chi connectivity index (χ0) is 12.9. The normalized spacial score (nSPS) is 11.6. The maximum Gasteiger partial charge on any atom is 0.0700 e. The Hall–Kier alpha value is -0.160. The maximum atomic E-state index is 5.55. The highest BCUT2D eigenvalue weighted by Gasteiger charge is 2.06. The average Bonchev–Trinajstić information content (AvgIpc) is 2.29. The quantitative estimate of drug-likeness (QED) is 0.528. The summed E-state index contributed by atoms with van der Waals surface area (Å²) in [5.41, 5.74) is 5.55. The molecule has 0 aliphatic rings. The van der Waals surface area contributed by atoms with Gasteiger partial charge in [0.05, 0.1) is 13.2 Å². The molecular formula is C13H30N2O2. The molecule has 0 unspecified atom stereocenters. The molecule has 4 heteroatoms. The summed E-state index contributed by atoms with van der Waals surface area (Å²) < 4.78 is 10.4. The largest absolute Gasteiger partial charge is 0.382 e. The van der Waals surface area contributed by atoms with Crippen LogP contribution in [0.25, 0.3) is 0 Å². The summed E-state index contributed by atoms with van der Waals surface area (Å²) in [7, 11) is 1.69. The van der Waals surface area contributed by atoms with Crippen LogP contribution in [0.5, 0.6) is 0 Å². The summed E-state index contributed by atoms with van der Waals surface area (Å²) in [4.78, 5) is 2.48. The molecule has 0 bridgehead atoms. The zero-order valence-electron chi connectivity index (χ0n) is 11.8. The van der Waals surface area contributed by atoms with Crippen molar-refractivity contribution in [3.05, 3.63) is 0 Å². The van der Waals surface area contributed by atoms with Gasteiger partial charge in [0.15, 0.2) is 0 Å². The van der Waals surface area contributed by atoms with Gasteiger partial charge in [-0.25, -0.2) is 0 Å². The molecule has 0 spiro atoms. The molecule has 4 nitrogen and oxygen atoms in total. The van der Waals surface area contributed by atoms with Crippen LogP contribution in [0.15, 0.2) is 0 Å². The topological polar surface area (TPSA) is 47.7 Å². The van der Waals surface area contributed by atoms with Crippen molar-refractivity contribution in [2.24, 2.45) is 11.7 Å². The van der Waals surface area contributed by atoms with E-state index >= 15 is 0 Å². The maximum absolute atomic E-state index is 5.55.